The lowest BCUT2D eigenvalue weighted by Crippen LogP contribution is -1.88. The molecule has 0 radical (unpaired) electrons. The normalized spacial score (nSPS) is 9.53. The number of hydrogen-bond donors (Lipinski definition) is 1. The van der Waals surface area contributed by atoms with Crippen LogP contribution < -0.4 is 0 Å². The van der Waals surface area contributed by atoms with Gasteiger partial charge in [-0.2, -0.15) is 11.8 Å². The van der Waals surface area contributed by atoms with E-state index in [2.05, 4.69) is 11.8 Å². The van der Waals surface area contributed by atoms with Gasteiger partial charge in [-0.3, -0.25) is 0 Å². The van der Waals surface area contributed by atoms with E-state index in [1.54, 1.807) is 23.9 Å². The first-order chi connectivity index (χ1) is 7.27. The fraction of sp³-hybridized carbons (Fsp3) is 0.333. The summed E-state index contributed by atoms with van der Waals surface area (Å²) in [6.45, 7) is 0.0417. The summed E-state index contributed by atoms with van der Waals surface area (Å²) in [6, 6.07) is 5.00. The second-order valence-corrected chi connectivity index (χ2v) is 3.88. The van der Waals surface area contributed by atoms with E-state index in [4.69, 9.17) is 5.11 Å². The zero-order chi connectivity index (χ0) is 11.1. The average Bonchev–Trinajstić information content (AvgIpc) is 2.23. The zero-order valence-corrected chi connectivity index (χ0v) is 9.40. The molecule has 0 amide bonds. The van der Waals surface area contributed by atoms with E-state index in [1.807, 2.05) is 6.26 Å². The third-order valence-electron chi connectivity index (χ3n) is 1.82. The fourth-order valence-corrected chi connectivity index (χ4v) is 1.66. The van der Waals surface area contributed by atoms with Crippen LogP contribution in [-0.4, -0.2) is 18.0 Å². The van der Waals surface area contributed by atoms with Gasteiger partial charge in [-0.15, -0.1) is 0 Å². The summed E-state index contributed by atoms with van der Waals surface area (Å²) in [5.41, 5.74) is 1.36. The van der Waals surface area contributed by atoms with E-state index in [-0.39, 0.29) is 12.4 Å². The van der Waals surface area contributed by atoms with Crippen LogP contribution in [-0.2, 0) is 5.75 Å². The number of halogens is 1. The molecule has 0 aliphatic heterocycles. The Morgan fingerprint density at radius 1 is 1.47 bits per heavy atom. The quantitative estimate of drug-likeness (QED) is 0.796. The van der Waals surface area contributed by atoms with Gasteiger partial charge < -0.3 is 5.11 Å². The molecule has 1 aromatic carbocycles. The molecule has 1 aromatic rings. The Kier molecular flexibility index (Phi) is 5.23. The SMILES string of the molecule is CSCc1ccc(C#CCCO)cc1F. The Bertz CT molecular complexity index is 379. The zero-order valence-electron chi connectivity index (χ0n) is 8.59. The molecule has 3 heteroatoms. The molecule has 0 aliphatic rings. The van der Waals surface area contributed by atoms with E-state index in [0.717, 1.165) is 0 Å². The molecule has 0 aromatic heterocycles. The fourth-order valence-electron chi connectivity index (χ4n) is 1.12. The summed E-state index contributed by atoms with van der Waals surface area (Å²) >= 11 is 1.59. The molecule has 0 aliphatic carbocycles. The molecule has 0 fully saturated rings. The van der Waals surface area contributed by atoms with Gasteiger partial charge >= 0.3 is 0 Å². The van der Waals surface area contributed by atoms with Gasteiger partial charge in [0.15, 0.2) is 0 Å². The van der Waals surface area contributed by atoms with Crippen LogP contribution >= 0.6 is 11.8 Å². The lowest BCUT2D eigenvalue weighted by molar-refractivity contribution is 0.305. The topological polar surface area (TPSA) is 20.2 Å². The number of aliphatic hydroxyl groups is 1. The summed E-state index contributed by atoms with van der Waals surface area (Å²) < 4.78 is 13.4. The molecule has 1 rings (SSSR count). The van der Waals surface area contributed by atoms with Crippen LogP contribution in [0.25, 0.3) is 0 Å². The molecule has 1 nitrogen and oxygen atoms in total. The highest BCUT2D eigenvalue weighted by Crippen LogP contribution is 2.14. The van der Waals surface area contributed by atoms with Crippen molar-refractivity contribution in [1.82, 2.24) is 0 Å². The van der Waals surface area contributed by atoms with Crippen LogP contribution in [0.15, 0.2) is 18.2 Å². The Morgan fingerprint density at radius 3 is 2.87 bits per heavy atom. The van der Waals surface area contributed by atoms with Gasteiger partial charge in [0.2, 0.25) is 0 Å². The Morgan fingerprint density at radius 2 is 2.27 bits per heavy atom. The van der Waals surface area contributed by atoms with Gasteiger partial charge in [0.05, 0.1) is 6.61 Å². The monoisotopic (exact) mass is 224 g/mol. The minimum Gasteiger partial charge on any atom is -0.395 e. The highest BCUT2D eigenvalue weighted by molar-refractivity contribution is 7.97. The van der Waals surface area contributed by atoms with Crippen LogP contribution in [0.3, 0.4) is 0 Å². The van der Waals surface area contributed by atoms with Crippen LogP contribution in [0.2, 0.25) is 0 Å². The number of thioether (sulfide) groups is 1. The van der Waals surface area contributed by atoms with Gasteiger partial charge in [-0.1, -0.05) is 17.9 Å². The van der Waals surface area contributed by atoms with Crippen molar-refractivity contribution in [3.8, 4) is 11.8 Å². The number of aliphatic hydroxyl groups excluding tert-OH is 1. The average molecular weight is 224 g/mol. The first-order valence-electron chi connectivity index (χ1n) is 4.65. The molecule has 80 valence electrons. The predicted molar refractivity (Wildman–Crippen MR) is 62.2 cm³/mol. The molecule has 0 bridgehead atoms. The van der Waals surface area contributed by atoms with E-state index < -0.39 is 0 Å². The molecule has 0 saturated carbocycles. The summed E-state index contributed by atoms with van der Waals surface area (Å²) in [6.07, 6.45) is 2.36. The van der Waals surface area contributed by atoms with Crippen molar-refractivity contribution >= 4 is 11.8 Å². The van der Waals surface area contributed by atoms with Crippen molar-refractivity contribution in [2.75, 3.05) is 12.9 Å². The summed E-state index contributed by atoms with van der Waals surface area (Å²) in [5, 5.41) is 8.53. The van der Waals surface area contributed by atoms with Crippen molar-refractivity contribution in [2.45, 2.75) is 12.2 Å². The number of benzene rings is 1. The molecule has 15 heavy (non-hydrogen) atoms. The lowest BCUT2D eigenvalue weighted by atomic mass is 10.1. The maximum atomic E-state index is 13.4. The van der Waals surface area contributed by atoms with Crippen molar-refractivity contribution in [3.05, 3.63) is 35.1 Å². The van der Waals surface area contributed by atoms with Crippen molar-refractivity contribution in [2.24, 2.45) is 0 Å². The maximum Gasteiger partial charge on any atom is 0.128 e. The Labute approximate surface area is 93.7 Å². The summed E-state index contributed by atoms with van der Waals surface area (Å²) in [4.78, 5) is 0. The van der Waals surface area contributed by atoms with E-state index in [1.165, 1.54) is 6.07 Å². The molecule has 1 N–H and O–H groups in total. The van der Waals surface area contributed by atoms with Gasteiger partial charge in [-0.05, 0) is 24.0 Å². The lowest BCUT2D eigenvalue weighted by Gasteiger charge is -2.00. The Balaban J connectivity index is 2.78. The van der Waals surface area contributed by atoms with Crippen LogP contribution in [0.1, 0.15) is 17.5 Å². The largest absolute Gasteiger partial charge is 0.395 e. The van der Waals surface area contributed by atoms with Crippen LogP contribution in [0, 0.1) is 17.7 Å². The second kappa shape index (κ2) is 6.49. The first-order valence-corrected chi connectivity index (χ1v) is 6.04. The first kappa shape index (κ1) is 12.1. The third-order valence-corrected chi connectivity index (χ3v) is 2.42. The van der Waals surface area contributed by atoms with Gasteiger partial charge in [-0.25, -0.2) is 4.39 Å². The molecule has 0 heterocycles. The van der Waals surface area contributed by atoms with Gasteiger partial charge in [0, 0.05) is 17.7 Å². The maximum absolute atomic E-state index is 13.4. The highest BCUT2D eigenvalue weighted by atomic mass is 32.2. The smallest absolute Gasteiger partial charge is 0.128 e. The minimum atomic E-state index is -0.208. The molecular formula is C12H13FOS. The van der Waals surface area contributed by atoms with E-state index in [9.17, 15) is 4.39 Å². The summed E-state index contributed by atoms with van der Waals surface area (Å²) in [7, 11) is 0. The summed E-state index contributed by atoms with van der Waals surface area (Å²) in [5.74, 6) is 6.03. The van der Waals surface area contributed by atoms with Crippen LogP contribution in [0.5, 0.6) is 0 Å². The van der Waals surface area contributed by atoms with Crippen molar-refractivity contribution in [1.29, 1.82) is 0 Å². The van der Waals surface area contributed by atoms with Gasteiger partial charge in [0.25, 0.3) is 0 Å². The van der Waals surface area contributed by atoms with E-state index in [0.29, 0.717) is 23.3 Å². The molecule has 0 unspecified atom stereocenters. The van der Waals surface area contributed by atoms with Crippen molar-refractivity contribution in [3.63, 3.8) is 0 Å². The molecule has 0 spiro atoms. The number of rotatable bonds is 3. The standard InChI is InChI=1S/C12H13FOS/c1-15-9-11-6-5-10(8-12(11)13)4-2-3-7-14/h5-6,8,14H,3,7,9H2,1H3. The predicted octanol–water partition coefficient (Wildman–Crippen LogP) is 2.42. The highest BCUT2D eigenvalue weighted by Gasteiger charge is 2.01. The molecular weight excluding hydrogens is 211 g/mol. The van der Waals surface area contributed by atoms with Crippen LogP contribution in [0.4, 0.5) is 4.39 Å². The minimum absolute atomic E-state index is 0.0417. The Hall–Kier alpha value is -0.980. The second-order valence-electron chi connectivity index (χ2n) is 3.01. The van der Waals surface area contributed by atoms with Gasteiger partial charge in [0.1, 0.15) is 5.82 Å². The van der Waals surface area contributed by atoms with E-state index >= 15 is 0 Å². The molecule has 0 atom stereocenters. The molecule has 0 saturated heterocycles. The number of hydrogen-bond acceptors (Lipinski definition) is 2. The third kappa shape index (κ3) is 3.94. The van der Waals surface area contributed by atoms with Crippen molar-refractivity contribution < 1.29 is 9.50 Å².